The highest BCUT2D eigenvalue weighted by Crippen LogP contribution is 2.41. The predicted octanol–water partition coefficient (Wildman–Crippen LogP) is 5.14. The summed E-state index contributed by atoms with van der Waals surface area (Å²) >= 11 is 11.7. The maximum absolute atomic E-state index is 13.0. The average molecular weight is 487 g/mol. The molecule has 1 saturated carbocycles. The summed E-state index contributed by atoms with van der Waals surface area (Å²) < 4.78 is 48.0. The molecule has 1 aliphatic carbocycles. The van der Waals surface area contributed by atoms with Gasteiger partial charge in [0, 0.05) is 17.8 Å². The summed E-state index contributed by atoms with van der Waals surface area (Å²) in [5, 5.41) is 9.02. The molecule has 1 atom stereocenters. The molecule has 31 heavy (non-hydrogen) atoms. The first-order chi connectivity index (χ1) is 15.0. The van der Waals surface area contributed by atoms with E-state index in [4.69, 9.17) is 23.5 Å². The summed E-state index contributed by atoms with van der Waals surface area (Å²) in [4.78, 5) is 3.47. The molecule has 0 spiro atoms. The van der Waals surface area contributed by atoms with Crippen molar-refractivity contribution in [3.8, 4) is 11.6 Å². The highest BCUT2D eigenvalue weighted by atomic mass is 35.5. The third-order valence-corrected chi connectivity index (χ3v) is 6.63. The minimum absolute atomic E-state index is 0.0432. The molecule has 0 radical (unpaired) electrons. The van der Waals surface area contributed by atoms with E-state index in [1.165, 1.54) is 0 Å². The Balaban J connectivity index is 1.51. The van der Waals surface area contributed by atoms with E-state index in [1.54, 1.807) is 23.0 Å². The number of H-pyrrole nitrogens is 1. The van der Waals surface area contributed by atoms with Crippen LogP contribution in [0.4, 0.5) is 14.5 Å². The van der Waals surface area contributed by atoms with Crippen LogP contribution < -0.4 is 9.01 Å². The lowest BCUT2D eigenvalue weighted by atomic mass is 10.2. The minimum Gasteiger partial charge on any atom is -0.363 e. The smallest absolute Gasteiger partial charge is 0.336 e. The molecule has 1 unspecified atom stereocenters. The van der Waals surface area contributed by atoms with E-state index in [0.29, 0.717) is 32.4 Å². The van der Waals surface area contributed by atoms with Crippen LogP contribution in [-0.2, 0) is 11.0 Å². The van der Waals surface area contributed by atoms with Gasteiger partial charge in [0.2, 0.25) is 0 Å². The van der Waals surface area contributed by atoms with Crippen LogP contribution >= 0.6 is 23.5 Å². The van der Waals surface area contributed by atoms with Crippen molar-refractivity contribution in [2.75, 3.05) is 4.72 Å². The number of aromatic nitrogens is 5. The van der Waals surface area contributed by atoms with Gasteiger partial charge in [-0.1, -0.05) is 11.6 Å². The molecule has 1 aliphatic rings. The summed E-state index contributed by atoms with van der Waals surface area (Å²) in [6.07, 6.45) is 8.68. The number of hydrogen-bond donors (Lipinski definition) is 2. The summed E-state index contributed by atoms with van der Waals surface area (Å²) in [6.45, 7) is -2.97. The van der Waals surface area contributed by atoms with Crippen molar-refractivity contribution in [3.63, 3.8) is 0 Å². The van der Waals surface area contributed by atoms with Crippen LogP contribution in [0.25, 0.3) is 16.6 Å². The van der Waals surface area contributed by atoms with Gasteiger partial charge in [0.15, 0.2) is 11.0 Å². The van der Waals surface area contributed by atoms with E-state index in [-0.39, 0.29) is 10.4 Å². The predicted molar refractivity (Wildman–Crippen MR) is 112 cm³/mol. The van der Waals surface area contributed by atoms with Crippen LogP contribution in [0.15, 0.2) is 41.8 Å². The fraction of sp³-hybridized carbons (Fsp3) is 0.222. The molecule has 3 aromatic heterocycles. The van der Waals surface area contributed by atoms with Gasteiger partial charge >= 0.3 is 6.55 Å². The third-order valence-electron chi connectivity index (χ3n) is 5.03. The van der Waals surface area contributed by atoms with Crippen LogP contribution in [0.5, 0.6) is 5.88 Å². The molecule has 4 aromatic rings. The van der Waals surface area contributed by atoms with Crippen molar-refractivity contribution >= 4 is 51.0 Å². The standard InChI is InChI=1S/C18H14Cl2F2N6O2S/c19-12-4-3-11-14(31(29)26-13-6-25-28(18(21)22)17(13)30-20)7-23-15(11)16(12)27-8-10(5-24-27)9-1-2-9/h3-9,18,23,26H,1-2H2. The summed E-state index contributed by atoms with van der Waals surface area (Å²) in [7, 11) is -1.84. The molecular weight excluding hydrogens is 473 g/mol. The normalized spacial score (nSPS) is 15.0. The first-order valence-corrected chi connectivity index (χ1v) is 11.0. The average Bonchev–Trinajstić information content (AvgIpc) is 3.15. The molecule has 1 fully saturated rings. The second-order valence-corrected chi connectivity index (χ2v) is 8.74. The fourth-order valence-electron chi connectivity index (χ4n) is 3.39. The maximum atomic E-state index is 13.0. The fourth-order valence-corrected chi connectivity index (χ4v) is 4.77. The van der Waals surface area contributed by atoms with Crippen molar-refractivity contribution in [3.05, 3.63) is 47.5 Å². The van der Waals surface area contributed by atoms with Crippen molar-refractivity contribution < 1.29 is 17.3 Å². The molecular formula is C18H14Cl2F2N6O2S. The van der Waals surface area contributed by atoms with Crippen molar-refractivity contribution in [2.45, 2.75) is 30.2 Å². The molecule has 5 rings (SSSR count). The summed E-state index contributed by atoms with van der Waals surface area (Å²) in [5.41, 5.74) is 2.37. The van der Waals surface area contributed by atoms with Crippen LogP contribution in [0, 0.1) is 0 Å². The second kappa shape index (κ2) is 7.81. The lowest BCUT2D eigenvalue weighted by Gasteiger charge is -2.08. The molecule has 8 nitrogen and oxygen atoms in total. The first-order valence-electron chi connectivity index (χ1n) is 9.15. The van der Waals surface area contributed by atoms with Gasteiger partial charge in [-0.15, -0.1) is 0 Å². The highest BCUT2D eigenvalue weighted by molar-refractivity contribution is 7.86. The molecule has 13 heteroatoms. The Labute approximate surface area is 186 Å². The number of halogens is 4. The zero-order valence-electron chi connectivity index (χ0n) is 15.6. The third kappa shape index (κ3) is 3.56. The lowest BCUT2D eigenvalue weighted by Crippen LogP contribution is -2.06. The van der Waals surface area contributed by atoms with Gasteiger partial charge in [0.25, 0.3) is 5.88 Å². The molecule has 1 aromatic carbocycles. The van der Waals surface area contributed by atoms with E-state index < -0.39 is 23.4 Å². The minimum atomic E-state index is -2.97. The van der Waals surface area contributed by atoms with Crippen molar-refractivity contribution in [1.29, 1.82) is 0 Å². The second-order valence-electron chi connectivity index (χ2n) is 7.00. The number of alkyl halides is 2. The molecule has 0 bridgehead atoms. The Morgan fingerprint density at radius 2 is 2.10 bits per heavy atom. The number of fused-ring (bicyclic) bond motifs is 1. The van der Waals surface area contributed by atoms with Crippen LogP contribution in [0.3, 0.4) is 0 Å². The number of anilines is 1. The number of nitrogens with one attached hydrogen (secondary N) is 2. The largest absolute Gasteiger partial charge is 0.363 e. The zero-order chi connectivity index (χ0) is 21.7. The van der Waals surface area contributed by atoms with Gasteiger partial charge in [-0.3, -0.25) is 4.72 Å². The Morgan fingerprint density at radius 3 is 2.81 bits per heavy atom. The lowest BCUT2D eigenvalue weighted by molar-refractivity contribution is 0.0515. The molecule has 3 heterocycles. The quantitative estimate of drug-likeness (QED) is 0.378. The monoisotopic (exact) mass is 486 g/mol. The van der Waals surface area contributed by atoms with Gasteiger partial charge < -0.3 is 9.27 Å². The Kier molecular flexibility index (Phi) is 5.11. The molecule has 2 N–H and O–H groups in total. The molecule has 0 aliphatic heterocycles. The van der Waals surface area contributed by atoms with E-state index >= 15 is 0 Å². The van der Waals surface area contributed by atoms with Crippen LogP contribution in [-0.4, -0.2) is 28.8 Å². The van der Waals surface area contributed by atoms with Crippen molar-refractivity contribution in [2.24, 2.45) is 0 Å². The van der Waals surface area contributed by atoms with E-state index in [1.807, 2.05) is 12.4 Å². The van der Waals surface area contributed by atoms with Gasteiger partial charge in [-0.2, -0.15) is 23.7 Å². The number of aromatic amines is 1. The first kappa shape index (κ1) is 20.3. The Bertz CT molecular complexity index is 1300. The Hall–Kier alpha value is -2.63. The van der Waals surface area contributed by atoms with Crippen molar-refractivity contribution in [1.82, 2.24) is 24.5 Å². The van der Waals surface area contributed by atoms with E-state index in [0.717, 1.165) is 24.6 Å². The van der Waals surface area contributed by atoms with E-state index in [2.05, 4.69) is 24.2 Å². The summed E-state index contributed by atoms with van der Waals surface area (Å²) in [6, 6.07) is 3.41. The van der Waals surface area contributed by atoms with Gasteiger partial charge in [-0.05, 0) is 36.5 Å². The highest BCUT2D eigenvalue weighted by Gasteiger charge is 2.26. The van der Waals surface area contributed by atoms with Gasteiger partial charge in [0.1, 0.15) is 23.2 Å². The van der Waals surface area contributed by atoms with Crippen LogP contribution in [0.1, 0.15) is 30.9 Å². The number of hydrogen-bond acceptors (Lipinski definition) is 4. The maximum Gasteiger partial charge on any atom is 0.336 e. The van der Waals surface area contributed by atoms with Gasteiger partial charge in [-0.25, -0.2) is 8.89 Å². The molecule has 0 amide bonds. The van der Waals surface area contributed by atoms with E-state index in [9.17, 15) is 13.0 Å². The number of benzene rings is 1. The SMILES string of the molecule is O=S(Nc1cnn(C(F)F)c1OCl)c1c[nH]c2c(-n3cc(C4CC4)cn3)c(Cl)ccc12. The van der Waals surface area contributed by atoms with Crippen LogP contribution in [0.2, 0.25) is 5.02 Å². The zero-order valence-corrected chi connectivity index (χ0v) is 17.9. The molecule has 0 saturated heterocycles. The Morgan fingerprint density at radius 1 is 1.29 bits per heavy atom. The summed E-state index contributed by atoms with van der Waals surface area (Å²) in [5.74, 6) is 0.0906. The number of rotatable bonds is 7. The molecule has 162 valence electrons. The van der Waals surface area contributed by atoms with Gasteiger partial charge in [0.05, 0.1) is 27.8 Å². The topological polar surface area (TPSA) is 89.8 Å². The number of nitrogens with zero attached hydrogens (tertiary/aromatic N) is 4.